The number of nitrogens with zero attached hydrogens (tertiary/aromatic N) is 3. The van der Waals surface area contributed by atoms with Gasteiger partial charge in [-0.25, -0.2) is 4.39 Å². The summed E-state index contributed by atoms with van der Waals surface area (Å²) in [5, 5.41) is 3.02. The van der Waals surface area contributed by atoms with Gasteiger partial charge in [-0.1, -0.05) is 29.8 Å². The summed E-state index contributed by atoms with van der Waals surface area (Å²) in [5.41, 5.74) is 7.62. The molecule has 3 N–H and O–H groups in total. The number of rotatable bonds is 7. The van der Waals surface area contributed by atoms with Crippen LogP contribution in [0.4, 0.5) is 22.0 Å². The molecular weight excluding hydrogens is 381 g/mol. The van der Waals surface area contributed by atoms with E-state index in [0.717, 1.165) is 23.0 Å². The number of nitrogen functional groups attached to an aromatic ring is 1. The molecule has 3 rings (SSSR count). The highest BCUT2D eigenvalue weighted by Gasteiger charge is 2.10. The minimum Gasteiger partial charge on any atom is -0.457 e. The Morgan fingerprint density at radius 1 is 1.14 bits per heavy atom. The molecule has 2 aromatic carbocycles. The van der Waals surface area contributed by atoms with Crippen molar-refractivity contribution in [3.63, 3.8) is 0 Å². The van der Waals surface area contributed by atoms with Gasteiger partial charge in [-0.15, -0.1) is 11.8 Å². The molecule has 0 amide bonds. The number of benzene rings is 2. The third-order valence-electron chi connectivity index (χ3n) is 3.55. The Bertz CT molecular complexity index is 969. The van der Waals surface area contributed by atoms with Crippen LogP contribution in [0.5, 0.6) is 0 Å². The van der Waals surface area contributed by atoms with Crippen molar-refractivity contribution in [1.82, 2.24) is 15.0 Å². The van der Waals surface area contributed by atoms with E-state index in [0.29, 0.717) is 4.90 Å². The third kappa shape index (κ3) is 5.65. The van der Waals surface area contributed by atoms with Crippen molar-refractivity contribution in [3.05, 3.63) is 65.7 Å². The molecular formula is C19H18FN5O2S. The van der Waals surface area contributed by atoms with Crippen molar-refractivity contribution in [1.29, 1.82) is 0 Å². The number of nitrogens with one attached hydrogen (secondary N) is 1. The number of nitrogens with two attached hydrogens (primary N) is 1. The highest BCUT2D eigenvalue weighted by molar-refractivity contribution is 8.00. The predicted octanol–water partition coefficient (Wildman–Crippen LogP) is 3.48. The minimum atomic E-state index is -0.514. The second kappa shape index (κ2) is 9.14. The van der Waals surface area contributed by atoms with Crippen LogP contribution in [0, 0.1) is 12.7 Å². The van der Waals surface area contributed by atoms with Crippen molar-refractivity contribution < 1.29 is 13.9 Å². The molecule has 0 saturated heterocycles. The Hall–Kier alpha value is -3.20. The van der Waals surface area contributed by atoms with Crippen LogP contribution in [0.3, 0.4) is 0 Å². The molecule has 0 aliphatic carbocycles. The zero-order chi connectivity index (χ0) is 19.9. The van der Waals surface area contributed by atoms with Crippen LogP contribution in [0.25, 0.3) is 0 Å². The Morgan fingerprint density at radius 3 is 2.64 bits per heavy atom. The van der Waals surface area contributed by atoms with Gasteiger partial charge < -0.3 is 15.8 Å². The van der Waals surface area contributed by atoms with Gasteiger partial charge in [0.15, 0.2) is 12.4 Å². The molecule has 3 aromatic rings. The van der Waals surface area contributed by atoms with Gasteiger partial charge in [0, 0.05) is 10.6 Å². The van der Waals surface area contributed by atoms with Crippen LogP contribution in [0.2, 0.25) is 0 Å². The number of ether oxygens (including phenoxy) is 1. The first-order valence-electron chi connectivity index (χ1n) is 8.36. The van der Waals surface area contributed by atoms with E-state index in [1.165, 1.54) is 6.07 Å². The summed E-state index contributed by atoms with van der Waals surface area (Å²) >= 11 is 1.06. The van der Waals surface area contributed by atoms with Crippen molar-refractivity contribution >= 4 is 35.3 Å². The van der Waals surface area contributed by atoms with Gasteiger partial charge in [0.1, 0.15) is 5.82 Å². The van der Waals surface area contributed by atoms with Crippen molar-refractivity contribution in [2.45, 2.75) is 18.4 Å². The van der Waals surface area contributed by atoms with Gasteiger partial charge in [-0.2, -0.15) is 15.0 Å². The number of hydrogen-bond acceptors (Lipinski definition) is 8. The summed E-state index contributed by atoms with van der Waals surface area (Å²) in [5.74, 6) is -0.445. The van der Waals surface area contributed by atoms with Crippen LogP contribution >= 0.6 is 11.8 Å². The lowest BCUT2D eigenvalue weighted by atomic mass is 10.2. The van der Waals surface area contributed by atoms with Gasteiger partial charge in [-0.05, 0) is 31.2 Å². The molecule has 0 radical (unpaired) electrons. The molecule has 28 heavy (non-hydrogen) atoms. The molecule has 144 valence electrons. The number of hydrogen-bond donors (Lipinski definition) is 2. The molecule has 0 aliphatic heterocycles. The summed E-state index contributed by atoms with van der Waals surface area (Å²) in [6.07, 6.45) is 0. The number of carbonyl (C=O) groups excluding carboxylic acids is 1. The number of esters is 1. The van der Waals surface area contributed by atoms with E-state index in [9.17, 15) is 9.18 Å². The fourth-order valence-corrected chi connectivity index (χ4v) is 2.95. The number of thioether (sulfide) groups is 1. The van der Waals surface area contributed by atoms with Crippen LogP contribution < -0.4 is 11.1 Å². The monoisotopic (exact) mass is 399 g/mol. The highest BCUT2D eigenvalue weighted by Crippen LogP contribution is 2.21. The minimum absolute atomic E-state index is 0.0105. The number of halogens is 1. The van der Waals surface area contributed by atoms with Crippen molar-refractivity contribution in [3.8, 4) is 0 Å². The summed E-state index contributed by atoms with van der Waals surface area (Å²) < 4.78 is 18.7. The van der Waals surface area contributed by atoms with Crippen LogP contribution in [-0.2, 0) is 16.1 Å². The Balaban J connectivity index is 1.56. The second-order valence-electron chi connectivity index (χ2n) is 5.80. The van der Waals surface area contributed by atoms with Crippen molar-refractivity contribution in [2.75, 3.05) is 16.8 Å². The Kier molecular flexibility index (Phi) is 6.38. The SMILES string of the molecule is Cc1ccc(Nc2nc(N)nc(COC(=O)CSc3ccccc3F)n2)cc1. The molecule has 0 unspecified atom stereocenters. The van der Waals surface area contributed by atoms with E-state index in [2.05, 4.69) is 20.3 Å². The van der Waals surface area contributed by atoms with E-state index in [-0.39, 0.29) is 35.9 Å². The average Bonchev–Trinajstić information content (AvgIpc) is 2.67. The zero-order valence-corrected chi connectivity index (χ0v) is 15.9. The molecule has 1 aromatic heterocycles. The maximum atomic E-state index is 13.6. The number of aromatic nitrogens is 3. The van der Waals surface area contributed by atoms with E-state index in [4.69, 9.17) is 10.5 Å². The smallest absolute Gasteiger partial charge is 0.316 e. The molecule has 0 saturated carbocycles. The number of anilines is 3. The number of carbonyl (C=O) groups is 1. The zero-order valence-electron chi connectivity index (χ0n) is 15.1. The molecule has 0 atom stereocenters. The Labute approximate surface area is 165 Å². The highest BCUT2D eigenvalue weighted by atomic mass is 32.2. The number of aryl methyl sites for hydroxylation is 1. The first kappa shape index (κ1) is 19.6. The van der Waals surface area contributed by atoms with Gasteiger partial charge in [0.25, 0.3) is 0 Å². The first-order valence-corrected chi connectivity index (χ1v) is 9.35. The van der Waals surface area contributed by atoms with Gasteiger partial charge in [0.05, 0.1) is 5.75 Å². The van der Waals surface area contributed by atoms with Crippen LogP contribution in [0.1, 0.15) is 11.4 Å². The summed E-state index contributed by atoms with van der Waals surface area (Å²) in [6, 6.07) is 13.9. The lowest BCUT2D eigenvalue weighted by Crippen LogP contribution is -2.12. The van der Waals surface area contributed by atoms with Crippen LogP contribution in [-0.4, -0.2) is 26.7 Å². The Morgan fingerprint density at radius 2 is 1.89 bits per heavy atom. The summed E-state index contributed by atoms with van der Waals surface area (Å²) in [7, 11) is 0. The summed E-state index contributed by atoms with van der Waals surface area (Å²) in [4.78, 5) is 24.5. The molecule has 0 fully saturated rings. The van der Waals surface area contributed by atoms with E-state index >= 15 is 0 Å². The molecule has 7 nitrogen and oxygen atoms in total. The van der Waals surface area contributed by atoms with E-state index in [1.807, 2.05) is 31.2 Å². The first-order chi connectivity index (χ1) is 13.5. The van der Waals surface area contributed by atoms with E-state index < -0.39 is 5.97 Å². The third-order valence-corrected chi connectivity index (χ3v) is 4.57. The van der Waals surface area contributed by atoms with Gasteiger partial charge >= 0.3 is 5.97 Å². The maximum Gasteiger partial charge on any atom is 0.316 e. The molecule has 0 bridgehead atoms. The molecule has 0 aliphatic rings. The van der Waals surface area contributed by atoms with E-state index in [1.54, 1.807) is 18.2 Å². The van der Waals surface area contributed by atoms with Gasteiger partial charge in [0.2, 0.25) is 11.9 Å². The molecule has 1 heterocycles. The molecule has 9 heteroatoms. The normalized spacial score (nSPS) is 10.5. The average molecular weight is 399 g/mol. The maximum absolute atomic E-state index is 13.6. The van der Waals surface area contributed by atoms with Crippen LogP contribution in [0.15, 0.2) is 53.4 Å². The standard InChI is InChI=1S/C19H18FN5O2S/c1-12-6-8-13(9-7-12)22-19-24-16(23-18(21)25-19)10-27-17(26)11-28-15-5-3-2-4-14(15)20/h2-9H,10-11H2,1H3,(H3,21,22,23,24,25). The fourth-order valence-electron chi connectivity index (χ4n) is 2.21. The quantitative estimate of drug-likeness (QED) is 0.460. The summed E-state index contributed by atoms with van der Waals surface area (Å²) in [6.45, 7) is 1.83. The van der Waals surface area contributed by atoms with Gasteiger partial charge in [-0.3, -0.25) is 4.79 Å². The molecule has 0 spiro atoms. The largest absolute Gasteiger partial charge is 0.457 e. The lowest BCUT2D eigenvalue weighted by Gasteiger charge is -2.08. The lowest BCUT2D eigenvalue weighted by molar-refractivity contribution is -0.141. The fraction of sp³-hybridized carbons (Fsp3) is 0.158. The predicted molar refractivity (Wildman–Crippen MR) is 106 cm³/mol. The van der Waals surface area contributed by atoms with Crippen molar-refractivity contribution in [2.24, 2.45) is 0 Å². The topological polar surface area (TPSA) is 103 Å². The second-order valence-corrected chi connectivity index (χ2v) is 6.82.